The van der Waals surface area contributed by atoms with Crippen molar-refractivity contribution in [3.8, 4) is 0 Å². The fourth-order valence-electron chi connectivity index (χ4n) is 1.52. The molecule has 0 aliphatic heterocycles. The van der Waals surface area contributed by atoms with Gasteiger partial charge in [0.25, 0.3) is 0 Å². The van der Waals surface area contributed by atoms with Crippen LogP contribution in [0.25, 0.3) is 0 Å². The average molecular weight is 312 g/mol. The number of hydrogen-bond donors (Lipinski definition) is 2. The third-order valence-electron chi connectivity index (χ3n) is 2.54. The number of hydrogen-bond acceptors (Lipinski definition) is 4. The highest BCUT2D eigenvalue weighted by atomic mass is 79.9. The SMILES string of the molecule is Cc1cc(NCCc2cscn2)c(Br)cc1N. The zero-order valence-corrected chi connectivity index (χ0v) is 11.9. The number of rotatable bonds is 4. The van der Waals surface area contributed by atoms with E-state index in [2.05, 4.69) is 37.7 Å². The summed E-state index contributed by atoms with van der Waals surface area (Å²) in [5, 5.41) is 5.46. The number of benzene rings is 1. The maximum atomic E-state index is 5.83. The van der Waals surface area contributed by atoms with Crippen LogP contribution in [0.2, 0.25) is 0 Å². The van der Waals surface area contributed by atoms with Crippen molar-refractivity contribution in [2.45, 2.75) is 13.3 Å². The van der Waals surface area contributed by atoms with E-state index in [-0.39, 0.29) is 0 Å². The van der Waals surface area contributed by atoms with Gasteiger partial charge in [-0.05, 0) is 40.5 Å². The predicted molar refractivity (Wildman–Crippen MR) is 77.6 cm³/mol. The number of nitrogens with two attached hydrogens (primary N) is 1. The smallest absolute Gasteiger partial charge is 0.0794 e. The van der Waals surface area contributed by atoms with Gasteiger partial charge in [0.2, 0.25) is 0 Å². The molecule has 0 unspecified atom stereocenters. The van der Waals surface area contributed by atoms with Gasteiger partial charge in [-0.3, -0.25) is 0 Å². The Labute approximate surface area is 113 Å². The molecule has 0 saturated heterocycles. The molecule has 1 aromatic carbocycles. The lowest BCUT2D eigenvalue weighted by Crippen LogP contribution is -2.06. The molecule has 0 amide bonds. The van der Waals surface area contributed by atoms with E-state index in [1.54, 1.807) is 11.3 Å². The lowest BCUT2D eigenvalue weighted by atomic mass is 10.2. The van der Waals surface area contributed by atoms with E-state index in [1.807, 2.05) is 18.5 Å². The molecule has 0 atom stereocenters. The highest BCUT2D eigenvalue weighted by Crippen LogP contribution is 2.27. The van der Waals surface area contributed by atoms with Crippen LogP contribution in [0.5, 0.6) is 0 Å². The molecule has 1 aromatic heterocycles. The van der Waals surface area contributed by atoms with Crippen LogP contribution in [-0.4, -0.2) is 11.5 Å². The number of aromatic nitrogens is 1. The highest BCUT2D eigenvalue weighted by Gasteiger charge is 2.03. The molecule has 0 aliphatic rings. The van der Waals surface area contributed by atoms with Gasteiger partial charge >= 0.3 is 0 Å². The lowest BCUT2D eigenvalue weighted by molar-refractivity contribution is 0.976. The van der Waals surface area contributed by atoms with E-state index >= 15 is 0 Å². The van der Waals surface area contributed by atoms with E-state index in [1.165, 1.54) is 0 Å². The Balaban J connectivity index is 1.97. The molecule has 17 heavy (non-hydrogen) atoms. The molecule has 0 aliphatic carbocycles. The monoisotopic (exact) mass is 311 g/mol. The molecule has 90 valence electrons. The Morgan fingerprint density at radius 1 is 1.47 bits per heavy atom. The first-order chi connectivity index (χ1) is 8.16. The summed E-state index contributed by atoms with van der Waals surface area (Å²) in [5.41, 5.74) is 11.8. The zero-order chi connectivity index (χ0) is 12.3. The maximum Gasteiger partial charge on any atom is 0.0794 e. The number of nitrogens with zero attached hydrogens (tertiary/aromatic N) is 1. The van der Waals surface area contributed by atoms with Crippen LogP contribution >= 0.6 is 27.3 Å². The number of thiazole rings is 1. The molecule has 0 spiro atoms. The number of anilines is 2. The fraction of sp³-hybridized carbons (Fsp3) is 0.250. The topological polar surface area (TPSA) is 50.9 Å². The van der Waals surface area contributed by atoms with Crippen LogP contribution in [-0.2, 0) is 6.42 Å². The van der Waals surface area contributed by atoms with Gasteiger partial charge in [-0.1, -0.05) is 0 Å². The van der Waals surface area contributed by atoms with Gasteiger partial charge in [0.1, 0.15) is 0 Å². The first kappa shape index (κ1) is 12.4. The van der Waals surface area contributed by atoms with Crippen molar-refractivity contribution in [2.24, 2.45) is 0 Å². The minimum atomic E-state index is 0.807. The molecule has 0 fully saturated rings. The van der Waals surface area contributed by atoms with Crippen LogP contribution in [0, 0.1) is 6.92 Å². The van der Waals surface area contributed by atoms with Gasteiger partial charge < -0.3 is 11.1 Å². The summed E-state index contributed by atoms with van der Waals surface area (Å²) in [6.45, 7) is 2.87. The van der Waals surface area contributed by atoms with E-state index in [9.17, 15) is 0 Å². The minimum Gasteiger partial charge on any atom is -0.398 e. The van der Waals surface area contributed by atoms with Crippen molar-refractivity contribution in [3.63, 3.8) is 0 Å². The molecule has 0 bridgehead atoms. The standard InChI is InChI=1S/C12H14BrN3S/c1-8-4-12(10(13)5-11(8)14)15-3-2-9-6-17-7-16-9/h4-7,15H,2-3,14H2,1H3. The molecule has 3 N–H and O–H groups in total. The number of nitrogens with one attached hydrogen (secondary N) is 1. The average Bonchev–Trinajstić information content (AvgIpc) is 2.78. The summed E-state index contributed by atoms with van der Waals surface area (Å²) in [7, 11) is 0. The first-order valence-corrected chi connectivity index (χ1v) is 7.07. The first-order valence-electron chi connectivity index (χ1n) is 5.33. The molecule has 2 rings (SSSR count). The van der Waals surface area contributed by atoms with Crippen molar-refractivity contribution in [3.05, 3.63) is 38.8 Å². The van der Waals surface area contributed by atoms with Gasteiger partial charge in [-0.2, -0.15) is 0 Å². The lowest BCUT2D eigenvalue weighted by Gasteiger charge is -2.10. The summed E-state index contributed by atoms with van der Waals surface area (Å²) in [6, 6.07) is 3.99. The number of halogens is 1. The van der Waals surface area contributed by atoms with Crippen molar-refractivity contribution in [2.75, 3.05) is 17.6 Å². The van der Waals surface area contributed by atoms with Crippen LogP contribution < -0.4 is 11.1 Å². The van der Waals surface area contributed by atoms with Crippen molar-refractivity contribution < 1.29 is 0 Å². The number of nitrogen functional groups attached to an aromatic ring is 1. The summed E-state index contributed by atoms with van der Waals surface area (Å²) in [5.74, 6) is 0. The second kappa shape index (κ2) is 5.51. The number of aryl methyl sites for hydroxylation is 1. The normalized spacial score (nSPS) is 10.5. The van der Waals surface area contributed by atoms with Crippen molar-refractivity contribution in [1.82, 2.24) is 4.98 Å². The van der Waals surface area contributed by atoms with Crippen LogP contribution in [0.15, 0.2) is 27.5 Å². The third-order valence-corrected chi connectivity index (χ3v) is 3.83. The van der Waals surface area contributed by atoms with E-state index in [4.69, 9.17) is 5.73 Å². The summed E-state index contributed by atoms with van der Waals surface area (Å²) >= 11 is 5.13. The second-order valence-electron chi connectivity index (χ2n) is 3.85. The van der Waals surface area contributed by atoms with E-state index < -0.39 is 0 Å². The van der Waals surface area contributed by atoms with E-state index in [0.717, 1.165) is 40.1 Å². The van der Waals surface area contributed by atoms with Gasteiger partial charge in [0.15, 0.2) is 0 Å². The summed E-state index contributed by atoms with van der Waals surface area (Å²) in [6.07, 6.45) is 0.930. The van der Waals surface area contributed by atoms with Gasteiger partial charge in [-0.15, -0.1) is 11.3 Å². The molecule has 5 heteroatoms. The Bertz CT molecular complexity index is 497. The maximum absolute atomic E-state index is 5.83. The van der Waals surface area contributed by atoms with Gasteiger partial charge in [0, 0.05) is 34.2 Å². The van der Waals surface area contributed by atoms with Crippen molar-refractivity contribution >= 4 is 38.6 Å². The molecule has 0 saturated carbocycles. The largest absolute Gasteiger partial charge is 0.398 e. The Morgan fingerprint density at radius 3 is 3.00 bits per heavy atom. The fourth-order valence-corrected chi connectivity index (χ4v) is 2.61. The van der Waals surface area contributed by atoms with Crippen LogP contribution in [0.4, 0.5) is 11.4 Å². The molecule has 2 aromatic rings. The summed E-state index contributed by atoms with van der Waals surface area (Å²) in [4.78, 5) is 4.25. The predicted octanol–water partition coefficient (Wildman–Crippen LogP) is 3.45. The Hall–Kier alpha value is -1.07. The summed E-state index contributed by atoms with van der Waals surface area (Å²) < 4.78 is 0.999. The Morgan fingerprint density at radius 2 is 2.29 bits per heavy atom. The van der Waals surface area contributed by atoms with Gasteiger partial charge in [0.05, 0.1) is 11.2 Å². The second-order valence-corrected chi connectivity index (χ2v) is 5.42. The molecular formula is C12H14BrN3S. The third kappa shape index (κ3) is 3.20. The quantitative estimate of drug-likeness (QED) is 0.850. The molecular weight excluding hydrogens is 298 g/mol. The highest BCUT2D eigenvalue weighted by molar-refractivity contribution is 9.10. The van der Waals surface area contributed by atoms with Crippen LogP contribution in [0.3, 0.4) is 0 Å². The zero-order valence-electron chi connectivity index (χ0n) is 9.53. The molecule has 3 nitrogen and oxygen atoms in total. The molecule has 1 heterocycles. The minimum absolute atomic E-state index is 0.807. The Kier molecular flexibility index (Phi) is 4.02. The van der Waals surface area contributed by atoms with Crippen LogP contribution in [0.1, 0.15) is 11.3 Å². The molecule has 0 radical (unpaired) electrons. The van der Waals surface area contributed by atoms with Gasteiger partial charge in [-0.25, -0.2) is 4.98 Å². The van der Waals surface area contributed by atoms with Crippen molar-refractivity contribution in [1.29, 1.82) is 0 Å². The van der Waals surface area contributed by atoms with E-state index in [0.29, 0.717) is 0 Å².